The Hall–Kier alpha value is -3.34. The molecule has 4 aromatic rings. The van der Waals surface area contributed by atoms with Gasteiger partial charge in [-0.2, -0.15) is 0 Å². The van der Waals surface area contributed by atoms with Crippen molar-refractivity contribution < 1.29 is 13.6 Å². The van der Waals surface area contributed by atoms with Gasteiger partial charge in [0.05, 0.1) is 12.8 Å². The number of nitrogens with one attached hydrogen (secondary N) is 4. The van der Waals surface area contributed by atoms with E-state index in [-0.39, 0.29) is 35.7 Å². The van der Waals surface area contributed by atoms with Crippen molar-refractivity contribution in [3.63, 3.8) is 0 Å². The third-order valence-corrected chi connectivity index (χ3v) is 5.29. The highest BCUT2D eigenvalue weighted by Gasteiger charge is 2.08. The lowest BCUT2D eigenvalue weighted by Crippen LogP contribution is -2.37. The molecule has 9 heteroatoms. The van der Waals surface area contributed by atoms with Crippen LogP contribution in [0.3, 0.4) is 0 Å². The van der Waals surface area contributed by atoms with Crippen molar-refractivity contribution >= 4 is 46.7 Å². The van der Waals surface area contributed by atoms with Crippen molar-refractivity contribution in [2.45, 2.75) is 19.5 Å². The van der Waals surface area contributed by atoms with Crippen molar-refractivity contribution in [2.75, 3.05) is 13.6 Å². The van der Waals surface area contributed by atoms with Gasteiger partial charge >= 0.3 is 0 Å². The van der Waals surface area contributed by atoms with Gasteiger partial charge in [0, 0.05) is 42.8 Å². The normalized spacial score (nSPS) is 11.2. The van der Waals surface area contributed by atoms with E-state index in [1.165, 1.54) is 12.1 Å². The average molecular weight is 575 g/mol. The van der Waals surface area contributed by atoms with Crippen LogP contribution in [0.1, 0.15) is 27.2 Å². The van der Waals surface area contributed by atoms with Crippen molar-refractivity contribution in [3.05, 3.63) is 95.3 Å². The molecule has 0 aliphatic carbocycles. The monoisotopic (exact) mass is 575 g/mol. The number of H-pyrrole nitrogens is 1. The van der Waals surface area contributed by atoms with E-state index in [1.807, 2.05) is 30.5 Å². The van der Waals surface area contributed by atoms with E-state index in [4.69, 9.17) is 4.42 Å². The van der Waals surface area contributed by atoms with Crippen molar-refractivity contribution in [1.82, 2.24) is 20.9 Å². The Morgan fingerprint density at radius 2 is 1.94 bits per heavy atom. The third-order valence-electron chi connectivity index (χ3n) is 5.29. The summed E-state index contributed by atoms with van der Waals surface area (Å²) in [4.78, 5) is 19.8. The van der Waals surface area contributed by atoms with E-state index in [2.05, 4.69) is 25.9 Å². The lowest BCUT2D eigenvalue weighted by Gasteiger charge is -2.12. The maximum atomic E-state index is 13.4. The van der Waals surface area contributed by atoms with Crippen LogP contribution in [0.2, 0.25) is 0 Å². The topological polar surface area (TPSA) is 94.5 Å². The molecule has 0 saturated carbocycles. The first-order valence-corrected chi connectivity index (χ1v) is 10.7. The number of aliphatic imine (C=N–C) groups is 1. The fourth-order valence-corrected chi connectivity index (χ4v) is 3.59. The van der Waals surface area contributed by atoms with Crippen LogP contribution in [-0.2, 0) is 19.5 Å². The smallest absolute Gasteiger partial charge is 0.251 e. The van der Waals surface area contributed by atoms with Gasteiger partial charge in [-0.05, 0) is 60.0 Å². The standard InChI is InChI=1S/C25H26FN5O2.HI/c1-27-25(28-10-9-19-15-29-23-13-20(26)7-8-22(19)23)31-14-17-4-2-5-18(12-17)24(32)30-16-21-6-3-11-33-21;/h2-8,11-13,15,29H,9-10,14,16H2,1H3,(H,30,32)(H2,27,28,31);1H. The lowest BCUT2D eigenvalue weighted by atomic mass is 10.1. The summed E-state index contributed by atoms with van der Waals surface area (Å²) in [5.74, 6) is 0.955. The number of halogens is 2. The van der Waals surface area contributed by atoms with Crippen molar-refractivity contribution in [3.8, 4) is 0 Å². The first kappa shape index (κ1) is 25.3. The summed E-state index contributed by atoms with van der Waals surface area (Å²) in [5.41, 5.74) is 3.45. The van der Waals surface area contributed by atoms with E-state index in [1.54, 1.807) is 31.5 Å². The molecule has 2 aromatic carbocycles. The van der Waals surface area contributed by atoms with E-state index < -0.39 is 0 Å². The molecule has 1 amide bonds. The van der Waals surface area contributed by atoms with Crippen LogP contribution in [0.5, 0.6) is 0 Å². The zero-order valence-corrected chi connectivity index (χ0v) is 21.1. The molecule has 0 aliphatic rings. The van der Waals surface area contributed by atoms with Crippen molar-refractivity contribution in [2.24, 2.45) is 4.99 Å². The summed E-state index contributed by atoms with van der Waals surface area (Å²) in [5, 5.41) is 10.4. The van der Waals surface area contributed by atoms with Gasteiger partial charge in [-0.25, -0.2) is 4.39 Å². The molecular formula is C25H27FIN5O2. The number of amides is 1. The molecule has 0 fully saturated rings. The van der Waals surface area contributed by atoms with Crippen LogP contribution < -0.4 is 16.0 Å². The molecule has 7 nitrogen and oxygen atoms in total. The van der Waals surface area contributed by atoms with Crippen LogP contribution in [0.15, 0.2) is 76.5 Å². The SMILES string of the molecule is CN=C(NCCc1c[nH]c2cc(F)ccc12)NCc1cccc(C(=O)NCc2ccco2)c1.I. The maximum absolute atomic E-state index is 13.4. The summed E-state index contributed by atoms with van der Waals surface area (Å²) in [7, 11) is 1.71. The molecule has 34 heavy (non-hydrogen) atoms. The quantitative estimate of drug-likeness (QED) is 0.143. The minimum absolute atomic E-state index is 0. The highest BCUT2D eigenvalue weighted by molar-refractivity contribution is 14.0. The van der Waals surface area contributed by atoms with Gasteiger partial charge in [-0.1, -0.05) is 12.1 Å². The Kier molecular flexibility index (Phi) is 9.08. The number of guanidine groups is 1. The predicted octanol–water partition coefficient (Wildman–Crippen LogP) is 4.36. The molecule has 178 valence electrons. The highest BCUT2D eigenvalue weighted by atomic mass is 127. The number of benzene rings is 2. The third kappa shape index (κ3) is 6.60. The summed E-state index contributed by atoms with van der Waals surface area (Å²) in [6.07, 6.45) is 4.25. The number of aromatic amines is 1. The Bertz CT molecular complexity index is 1250. The van der Waals surface area contributed by atoms with Crippen LogP contribution >= 0.6 is 24.0 Å². The second kappa shape index (κ2) is 12.2. The van der Waals surface area contributed by atoms with Gasteiger partial charge in [0.2, 0.25) is 0 Å². The number of hydrogen-bond donors (Lipinski definition) is 4. The Morgan fingerprint density at radius 1 is 1.06 bits per heavy atom. The number of rotatable bonds is 8. The van der Waals surface area contributed by atoms with E-state index in [0.717, 1.165) is 28.5 Å². The van der Waals surface area contributed by atoms with Crippen molar-refractivity contribution in [1.29, 1.82) is 0 Å². The largest absolute Gasteiger partial charge is 0.467 e. The molecule has 2 aromatic heterocycles. The number of fused-ring (bicyclic) bond motifs is 1. The zero-order valence-electron chi connectivity index (χ0n) is 18.7. The molecular weight excluding hydrogens is 548 g/mol. The number of aromatic nitrogens is 1. The van der Waals surface area contributed by atoms with Gasteiger partial charge in [0.15, 0.2) is 5.96 Å². The fraction of sp³-hybridized carbons (Fsp3) is 0.200. The highest BCUT2D eigenvalue weighted by Crippen LogP contribution is 2.19. The molecule has 0 bridgehead atoms. The number of carbonyl (C=O) groups excluding carboxylic acids is 1. The predicted molar refractivity (Wildman–Crippen MR) is 142 cm³/mol. The number of nitrogens with zero attached hydrogens (tertiary/aromatic N) is 1. The Labute approximate surface area is 214 Å². The lowest BCUT2D eigenvalue weighted by molar-refractivity contribution is 0.0948. The minimum Gasteiger partial charge on any atom is -0.467 e. The van der Waals surface area contributed by atoms with Crippen LogP contribution in [0.4, 0.5) is 4.39 Å². The molecule has 0 saturated heterocycles. The molecule has 0 atom stereocenters. The molecule has 0 radical (unpaired) electrons. The molecule has 4 N–H and O–H groups in total. The molecule has 0 unspecified atom stereocenters. The van der Waals surface area contributed by atoms with Gasteiger partial charge in [-0.15, -0.1) is 24.0 Å². The number of hydrogen-bond acceptors (Lipinski definition) is 3. The summed E-state index contributed by atoms with van der Waals surface area (Å²) in [6, 6.07) is 15.8. The van der Waals surface area contributed by atoms with Gasteiger partial charge in [-0.3, -0.25) is 9.79 Å². The number of furan rings is 1. The average Bonchev–Trinajstić information content (AvgIpc) is 3.49. The minimum atomic E-state index is -0.252. The molecule has 4 rings (SSSR count). The van der Waals surface area contributed by atoms with Crippen LogP contribution in [0, 0.1) is 5.82 Å². The number of carbonyl (C=O) groups is 1. The van der Waals surface area contributed by atoms with Gasteiger partial charge < -0.3 is 25.4 Å². The van der Waals surface area contributed by atoms with Crippen LogP contribution in [0.25, 0.3) is 10.9 Å². The summed E-state index contributed by atoms with van der Waals surface area (Å²) in [6.45, 7) is 1.53. The molecule has 2 heterocycles. The van der Waals surface area contributed by atoms with E-state index >= 15 is 0 Å². The maximum Gasteiger partial charge on any atom is 0.251 e. The van der Waals surface area contributed by atoms with Gasteiger partial charge in [0.1, 0.15) is 11.6 Å². The summed E-state index contributed by atoms with van der Waals surface area (Å²) >= 11 is 0. The van der Waals surface area contributed by atoms with E-state index in [9.17, 15) is 9.18 Å². The molecule has 0 aliphatic heterocycles. The Morgan fingerprint density at radius 3 is 2.74 bits per heavy atom. The second-order valence-corrected chi connectivity index (χ2v) is 7.57. The summed E-state index contributed by atoms with van der Waals surface area (Å²) < 4.78 is 18.6. The van der Waals surface area contributed by atoms with E-state index in [0.29, 0.717) is 36.9 Å². The first-order chi connectivity index (χ1) is 16.1. The van der Waals surface area contributed by atoms with Crippen LogP contribution in [-0.4, -0.2) is 30.4 Å². The first-order valence-electron chi connectivity index (χ1n) is 10.7. The molecule has 0 spiro atoms. The van der Waals surface area contributed by atoms with Gasteiger partial charge in [0.25, 0.3) is 5.91 Å². The Balaban J connectivity index is 0.00000324. The fourth-order valence-electron chi connectivity index (χ4n) is 3.59. The zero-order chi connectivity index (χ0) is 23.0. The second-order valence-electron chi connectivity index (χ2n) is 7.57.